The lowest BCUT2D eigenvalue weighted by Gasteiger charge is -2.34. The van der Waals surface area contributed by atoms with Crippen LogP contribution < -0.4 is 10.1 Å². The molecule has 0 aromatic heterocycles. The fraction of sp³-hybridized carbons (Fsp3) is 0.556. The Bertz CT molecular complexity index is 518. The van der Waals surface area contributed by atoms with Crippen LogP contribution in [0.3, 0.4) is 0 Å². The van der Waals surface area contributed by atoms with E-state index in [2.05, 4.69) is 5.32 Å². The van der Waals surface area contributed by atoms with Crippen molar-refractivity contribution in [1.29, 1.82) is 0 Å². The minimum Gasteiger partial charge on any atom is -0.497 e. The van der Waals surface area contributed by atoms with Gasteiger partial charge in [0.15, 0.2) is 0 Å². The third-order valence-electron chi connectivity index (χ3n) is 3.65. The highest BCUT2D eigenvalue weighted by Gasteiger charge is 2.23. The molecule has 1 N–H and O–H groups in total. The van der Waals surface area contributed by atoms with Gasteiger partial charge in [0.05, 0.1) is 7.11 Å². The fourth-order valence-corrected chi connectivity index (χ4v) is 2.41. The van der Waals surface area contributed by atoms with Crippen molar-refractivity contribution in [2.75, 3.05) is 20.2 Å². The molecule has 0 atom stereocenters. The predicted molar refractivity (Wildman–Crippen MR) is 91.5 cm³/mol. The number of rotatable bonds is 7. The summed E-state index contributed by atoms with van der Waals surface area (Å²) in [4.78, 5) is 25.3. The minimum absolute atomic E-state index is 0.0106. The topological polar surface area (TPSA) is 58.6 Å². The molecule has 0 fully saturated rings. The zero-order chi connectivity index (χ0) is 17.5. The van der Waals surface area contributed by atoms with Crippen molar-refractivity contribution < 1.29 is 14.3 Å². The molecule has 0 saturated carbocycles. The normalized spacial score (nSPS) is 11.0. The summed E-state index contributed by atoms with van der Waals surface area (Å²) >= 11 is 0. The van der Waals surface area contributed by atoms with Gasteiger partial charge in [-0.2, -0.15) is 0 Å². The summed E-state index contributed by atoms with van der Waals surface area (Å²) in [5.41, 5.74) is 0.876. The Balaban J connectivity index is 2.35. The largest absolute Gasteiger partial charge is 0.497 e. The molecule has 0 unspecified atom stereocenters. The van der Waals surface area contributed by atoms with Crippen molar-refractivity contribution in [1.82, 2.24) is 10.2 Å². The standard InChI is InChI=1S/C18H28N2O3/c1-14(21)20(18(2,3)4)13-11-17(22)19-12-10-15-6-8-16(23-5)9-7-15/h6-9H,10-13H2,1-5H3,(H,19,22). The summed E-state index contributed by atoms with van der Waals surface area (Å²) in [7, 11) is 1.64. The second kappa shape index (κ2) is 8.56. The van der Waals surface area contributed by atoms with Crippen LogP contribution in [0.1, 0.15) is 39.7 Å². The molecule has 0 aliphatic carbocycles. The van der Waals surface area contributed by atoms with Crippen LogP contribution in [0.25, 0.3) is 0 Å². The van der Waals surface area contributed by atoms with Crippen LogP contribution in [-0.4, -0.2) is 42.5 Å². The molecule has 0 aliphatic rings. The first-order valence-corrected chi connectivity index (χ1v) is 7.92. The Morgan fingerprint density at radius 1 is 1.17 bits per heavy atom. The van der Waals surface area contributed by atoms with Crippen LogP contribution >= 0.6 is 0 Å². The zero-order valence-corrected chi connectivity index (χ0v) is 14.8. The smallest absolute Gasteiger partial charge is 0.221 e. The van der Waals surface area contributed by atoms with Crippen molar-refractivity contribution in [2.45, 2.75) is 46.1 Å². The van der Waals surface area contributed by atoms with Gasteiger partial charge in [0.1, 0.15) is 5.75 Å². The van der Waals surface area contributed by atoms with Gasteiger partial charge >= 0.3 is 0 Å². The van der Waals surface area contributed by atoms with Crippen LogP contribution in [0.15, 0.2) is 24.3 Å². The molecule has 1 aromatic rings. The molecule has 2 amide bonds. The lowest BCUT2D eigenvalue weighted by molar-refractivity contribution is -0.134. The molecule has 0 heterocycles. The third-order valence-corrected chi connectivity index (χ3v) is 3.65. The maximum Gasteiger partial charge on any atom is 0.221 e. The van der Waals surface area contributed by atoms with E-state index in [0.717, 1.165) is 17.7 Å². The van der Waals surface area contributed by atoms with Gasteiger partial charge in [-0.1, -0.05) is 12.1 Å². The second-order valence-corrected chi connectivity index (χ2v) is 6.54. The number of hydrogen-bond donors (Lipinski definition) is 1. The summed E-state index contributed by atoms with van der Waals surface area (Å²) in [5, 5.41) is 2.90. The maximum atomic E-state index is 11.9. The van der Waals surface area contributed by atoms with Crippen molar-refractivity contribution in [3.8, 4) is 5.75 Å². The number of methoxy groups -OCH3 is 1. The lowest BCUT2D eigenvalue weighted by Crippen LogP contribution is -2.46. The van der Waals surface area contributed by atoms with Crippen molar-refractivity contribution in [3.63, 3.8) is 0 Å². The van der Waals surface area contributed by atoms with Crippen molar-refractivity contribution in [3.05, 3.63) is 29.8 Å². The van der Waals surface area contributed by atoms with E-state index in [4.69, 9.17) is 4.74 Å². The summed E-state index contributed by atoms with van der Waals surface area (Å²) in [5.74, 6) is 0.779. The van der Waals surface area contributed by atoms with E-state index in [1.54, 1.807) is 12.0 Å². The van der Waals surface area contributed by atoms with E-state index >= 15 is 0 Å². The van der Waals surface area contributed by atoms with Gasteiger partial charge in [0, 0.05) is 32.0 Å². The van der Waals surface area contributed by atoms with Gasteiger partial charge in [0.2, 0.25) is 11.8 Å². The second-order valence-electron chi connectivity index (χ2n) is 6.54. The number of benzene rings is 1. The Hall–Kier alpha value is -2.04. The van der Waals surface area contributed by atoms with Gasteiger partial charge in [-0.15, -0.1) is 0 Å². The van der Waals surface area contributed by atoms with Gasteiger partial charge < -0.3 is 15.0 Å². The van der Waals surface area contributed by atoms with Gasteiger partial charge in [0.25, 0.3) is 0 Å². The number of carbonyl (C=O) groups is 2. The lowest BCUT2D eigenvalue weighted by atomic mass is 10.1. The van der Waals surface area contributed by atoms with Crippen molar-refractivity contribution in [2.24, 2.45) is 0 Å². The van der Waals surface area contributed by atoms with Crippen LogP contribution in [-0.2, 0) is 16.0 Å². The molecule has 128 valence electrons. The summed E-state index contributed by atoms with van der Waals surface area (Å²) in [6, 6.07) is 7.79. The van der Waals surface area contributed by atoms with Crippen molar-refractivity contribution >= 4 is 11.8 Å². The molecular formula is C18H28N2O3. The number of ether oxygens (including phenoxy) is 1. The number of hydrogen-bond acceptors (Lipinski definition) is 3. The molecule has 0 aliphatic heterocycles. The molecule has 1 aromatic carbocycles. The summed E-state index contributed by atoms with van der Waals surface area (Å²) in [6.07, 6.45) is 1.09. The first-order valence-electron chi connectivity index (χ1n) is 7.92. The van der Waals surface area contributed by atoms with Gasteiger partial charge in [-0.3, -0.25) is 9.59 Å². The molecule has 5 heteroatoms. The van der Waals surface area contributed by atoms with E-state index in [-0.39, 0.29) is 17.4 Å². The highest BCUT2D eigenvalue weighted by Crippen LogP contribution is 2.14. The first-order chi connectivity index (χ1) is 10.7. The first kappa shape index (κ1) is 19.0. The highest BCUT2D eigenvalue weighted by molar-refractivity contribution is 5.78. The number of carbonyl (C=O) groups excluding carboxylic acids is 2. The third kappa shape index (κ3) is 6.72. The Morgan fingerprint density at radius 2 is 1.78 bits per heavy atom. The molecule has 1 rings (SSSR count). The van der Waals surface area contributed by atoms with E-state index in [9.17, 15) is 9.59 Å². The van der Waals surface area contributed by atoms with Crippen LogP contribution in [0.4, 0.5) is 0 Å². The minimum atomic E-state index is -0.269. The van der Waals surface area contributed by atoms with E-state index in [1.165, 1.54) is 6.92 Å². The molecule has 0 saturated heterocycles. The number of amides is 2. The van der Waals surface area contributed by atoms with E-state index < -0.39 is 0 Å². The maximum absolute atomic E-state index is 11.9. The average molecular weight is 320 g/mol. The Kier molecular flexibility index (Phi) is 7.07. The van der Waals surface area contributed by atoms with Gasteiger partial charge in [-0.05, 0) is 44.9 Å². The average Bonchev–Trinajstić information content (AvgIpc) is 2.46. The fourth-order valence-electron chi connectivity index (χ4n) is 2.41. The molecule has 5 nitrogen and oxygen atoms in total. The number of nitrogens with one attached hydrogen (secondary N) is 1. The van der Waals surface area contributed by atoms with Crippen LogP contribution in [0.2, 0.25) is 0 Å². The van der Waals surface area contributed by atoms with E-state index in [1.807, 2.05) is 45.0 Å². The number of nitrogens with zero attached hydrogens (tertiary/aromatic N) is 1. The monoisotopic (exact) mass is 320 g/mol. The van der Waals surface area contributed by atoms with Crippen LogP contribution in [0, 0.1) is 0 Å². The zero-order valence-electron chi connectivity index (χ0n) is 14.8. The molecule has 0 bridgehead atoms. The molecule has 23 heavy (non-hydrogen) atoms. The SMILES string of the molecule is COc1ccc(CCNC(=O)CCN(C(C)=O)C(C)(C)C)cc1. The summed E-state index contributed by atoms with van der Waals surface area (Å²) < 4.78 is 5.11. The van der Waals surface area contributed by atoms with E-state index in [0.29, 0.717) is 19.5 Å². The molecule has 0 spiro atoms. The summed E-state index contributed by atoms with van der Waals surface area (Å²) in [6.45, 7) is 8.46. The highest BCUT2D eigenvalue weighted by atomic mass is 16.5. The quantitative estimate of drug-likeness (QED) is 0.839. The Labute approximate surface area is 139 Å². The molecule has 0 radical (unpaired) electrons. The predicted octanol–water partition coefficient (Wildman–Crippen LogP) is 2.39. The Morgan fingerprint density at radius 3 is 2.26 bits per heavy atom. The molecular weight excluding hydrogens is 292 g/mol. The van der Waals surface area contributed by atoms with Crippen LogP contribution in [0.5, 0.6) is 5.75 Å². The van der Waals surface area contributed by atoms with Gasteiger partial charge in [-0.25, -0.2) is 0 Å².